The third-order valence-corrected chi connectivity index (χ3v) is 4.32. The van der Waals surface area contributed by atoms with E-state index in [9.17, 15) is 5.26 Å². The molecule has 1 atom stereocenters. The standard InChI is InChI=1S/C20H21ClN4O/c1-13(2)8-14(3)12-26-18-5-4-15(9-16(18)11-22)17-10-19(21)24-25-7-6-23-20(17)25/h4-7,9-10,13-14H,8,12H2,1-3H3/t14-/m1/s1. The van der Waals surface area contributed by atoms with Gasteiger partial charge in [-0.15, -0.1) is 0 Å². The second-order valence-corrected chi connectivity index (χ2v) is 7.33. The second-order valence-electron chi connectivity index (χ2n) is 6.94. The van der Waals surface area contributed by atoms with Crippen molar-refractivity contribution < 1.29 is 4.74 Å². The average Bonchev–Trinajstić information content (AvgIpc) is 3.06. The van der Waals surface area contributed by atoms with Crippen LogP contribution in [0, 0.1) is 23.2 Å². The van der Waals surface area contributed by atoms with E-state index in [1.54, 1.807) is 23.0 Å². The number of ether oxygens (including phenoxy) is 1. The molecule has 0 aliphatic carbocycles. The fraction of sp³-hybridized carbons (Fsp3) is 0.350. The lowest BCUT2D eigenvalue weighted by Crippen LogP contribution is -2.11. The van der Waals surface area contributed by atoms with Gasteiger partial charge in [0.05, 0.1) is 12.2 Å². The van der Waals surface area contributed by atoms with Crippen LogP contribution in [0.1, 0.15) is 32.8 Å². The molecule has 0 bridgehead atoms. The molecule has 0 amide bonds. The van der Waals surface area contributed by atoms with Gasteiger partial charge in [0, 0.05) is 18.0 Å². The first kappa shape index (κ1) is 18.2. The van der Waals surface area contributed by atoms with E-state index in [0.29, 0.717) is 40.6 Å². The van der Waals surface area contributed by atoms with Gasteiger partial charge in [0.2, 0.25) is 0 Å². The average molecular weight is 369 g/mol. The van der Waals surface area contributed by atoms with Crippen molar-refractivity contribution in [3.05, 3.63) is 47.4 Å². The lowest BCUT2D eigenvalue weighted by Gasteiger charge is -2.16. The van der Waals surface area contributed by atoms with Gasteiger partial charge in [0.15, 0.2) is 10.8 Å². The van der Waals surface area contributed by atoms with Gasteiger partial charge in [-0.05, 0) is 42.0 Å². The summed E-state index contributed by atoms with van der Waals surface area (Å²) in [5, 5.41) is 14.1. The first-order chi connectivity index (χ1) is 12.5. The van der Waals surface area contributed by atoms with Crippen LogP contribution < -0.4 is 4.74 Å². The molecule has 0 aliphatic heterocycles. The summed E-state index contributed by atoms with van der Waals surface area (Å²) in [5.74, 6) is 1.66. The quantitative estimate of drug-likeness (QED) is 0.615. The van der Waals surface area contributed by atoms with Crippen LogP contribution in [0.4, 0.5) is 0 Å². The highest BCUT2D eigenvalue weighted by Crippen LogP contribution is 2.30. The van der Waals surface area contributed by atoms with Gasteiger partial charge in [0.1, 0.15) is 11.8 Å². The van der Waals surface area contributed by atoms with E-state index >= 15 is 0 Å². The van der Waals surface area contributed by atoms with E-state index in [0.717, 1.165) is 17.5 Å². The molecule has 6 heteroatoms. The maximum Gasteiger partial charge on any atom is 0.161 e. The molecule has 26 heavy (non-hydrogen) atoms. The highest BCUT2D eigenvalue weighted by Gasteiger charge is 2.13. The van der Waals surface area contributed by atoms with Gasteiger partial charge in [-0.3, -0.25) is 0 Å². The van der Waals surface area contributed by atoms with Crippen molar-refractivity contribution in [1.29, 1.82) is 5.26 Å². The largest absolute Gasteiger partial charge is 0.492 e. The number of rotatable bonds is 6. The maximum absolute atomic E-state index is 9.54. The van der Waals surface area contributed by atoms with Crippen molar-refractivity contribution >= 4 is 17.2 Å². The summed E-state index contributed by atoms with van der Waals surface area (Å²) in [5.41, 5.74) is 2.87. The number of halogens is 1. The summed E-state index contributed by atoms with van der Waals surface area (Å²) in [6.45, 7) is 7.15. The lowest BCUT2D eigenvalue weighted by atomic mass is 10.00. The Hall–Kier alpha value is -2.58. The summed E-state index contributed by atoms with van der Waals surface area (Å²) in [6, 6.07) is 9.55. The Balaban J connectivity index is 1.89. The van der Waals surface area contributed by atoms with Crippen molar-refractivity contribution in [2.24, 2.45) is 11.8 Å². The molecule has 3 rings (SSSR count). The van der Waals surface area contributed by atoms with E-state index in [2.05, 4.69) is 36.9 Å². The van der Waals surface area contributed by atoms with Crippen molar-refractivity contribution in [3.8, 4) is 22.9 Å². The van der Waals surface area contributed by atoms with Gasteiger partial charge in [-0.25, -0.2) is 9.50 Å². The maximum atomic E-state index is 9.54. The molecule has 0 N–H and O–H groups in total. The fourth-order valence-electron chi connectivity index (χ4n) is 3.11. The molecular weight excluding hydrogens is 348 g/mol. The summed E-state index contributed by atoms with van der Waals surface area (Å²) >= 11 is 6.11. The molecule has 2 aromatic heterocycles. The Morgan fingerprint density at radius 2 is 2.08 bits per heavy atom. The molecule has 2 heterocycles. The molecule has 0 aliphatic rings. The number of nitrogens with zero attached hydrogens (tertiary/aromatic N) is 4. The van der Waals surface area contributed by atoms with Gasteiger partial charge >= 0.3 is 0 Å². The van der Waals surface area contributed by atoms with Gasteiger partial charge in [-0.2, -0.15) is 10.4 Å². The zero-order valence-electron chi connectivity index (χ0n) is 15.1. The van der Waals surface area contributed by atoms with E-state index in [4.69, 9.17) is 16.3 Å². The minimum Gasteiger partial charge on any atom is -0.492 e. The van der Waals surface area contributed by atoms with Crippen LogP contribution in [-0.2, 0) is 0 Å². The van der Waals surface area contributed by atoms with Gasteiger partial charge in [0.25, 0.3) is 0 Å². The Kier molecular flexibility index (Phi) is 5.43. The molecule has 0 saturated heterocycles. The Bertz CT molecular complexity index is 958. The fourth-order valence-corrected chi connectivity index (χ4v) is 3.30. The lowest BCUT2D eigenvalue weighted by molar-refractivity contribution is 0.238. The van der Waals surface area contributed by atoms with E-state index in [1.165, 1.54) is 0 Å². The number of benzene rings is 1. The number of nitriles is 1. The third kappa shape index (κ3) is 3.97. The first-order valence-corrected chi connectivity index (χ1v) is 9.03. The van der Waals surface area contributed by atoms with Crippen LogP contribution in [0.15, 0.2) is 36.7 Å². The van der Waals surface area contributed by atoms with Crippen molar-refractivity contribution in [3.63, 3.8) is 0 Å². The Labute approximate surface area is 158 Å². The zero-order valence-corrected chi connectivity index (χ0v) is 15.9. The predicted molar refractivity (Wildman–Crippen MR) is 102 cm³/mol. The SMILES string of the molecule is CC(C)C[C@@H](C)COc1ccc(-c2cc(Cl)nn3ccnc23)cc1C#N. The highest BCUT2D eigenvalue weighted by molar-refractivity contribution is 6.29. The topological polar surface area (TPSA) is 63.2 Å². The minimum absolute atomic E-state index is 0.367. The summed E-state index contributed by atoms with van der Waals surface area (Å²) < 4.78 is 7.52. The summed E-state index contributed by atoms with van der Waals surface area (Å²) in [4.78, 5) is 4.33. The van der Waals surface area contributed by atoms with Crippen molar-refractivity contribution in [2.75, 3.05) is 6.61 Å². The highest BCUT2D eigenvalue weighted by atomic mass is 35.5. The number of aromatic nitrogens is 3. The van der Waals surface area contributed by atoms with E-state index in [-0.39, 0.29) is 0 Å². The molecule has 3 aromatic rings. The van der Waals surface area contributed by atoms with Crippen LogP contribution in [0.25, 0.3) is 16.8 Å². The van der Waals surface area contributed by atoms with E-state index in [1.807, 2.05) is 18.2 Å². The molecule has 134 valence electrons. The third-order valence-electron chi connectivity index (χ3n) is 4.14. The van der Waals surface area contributed by atoms with Gasteiger partial charge in [-0.1, -0.05) is 38.4 Å². The molecule has 0 fully saturated rings. The molecular formula is C20H21ClN4O. The smallest absolute Gasteiger partial charge is 0.161 e. The Morgan fingerprint density at radius 3 is 2.81 bits per heavy atom. The number of hydrogen-bond donors (Lipinski definition) is 0. The molecule has 0 unspecified atom stereocenters. The number of imidazole rings is 1. The molecule has 1 aromatic carbocycles. The van der Waals surface area contributed by atoms with E-state index < -0.39 is 0 Å². The Morgan fingerprint density at radius 1 is 1.27 bits per heavy atom. The monoisotopic (exact) mass is 368 g/mol. The molecule has 5 nitrogen and oxygen atoms in total. The molecule has 0 saturated carbocycles. The zero-order chi connectivity index (χ0) is 18.7. The number of fused-ring (bicyclic) bond motifs is 1. The second kappa shape index (κ2) is 7.76. The van der Waals surface area contributed by atoms with Crippen LogP contribution in [-0.4, -0.2) is 21.2 Å². The molecule has 0 radical (unpaired) electrons. The van der Waals surface area contributed by atoms with Crippen LogP contribution in [0.2, 0.25) is 5.15 Å². The van der Waals surface area contributed by atoms with Crippen molar-refractivity contribution in [2.45, 2.75) is 27.2 Å². The van der Waals surface area contributed by atoms with Gasteiger partial charge < -0.3 is 4.74 Å². The normalized spacial score (nSPS) is 12.3. The van der Waals surface area contributed by atoms with Crippen molar-refractivity contribution in [1.82, 2.24) is 14.6 Å². The molecule has 0 spiro atoms. The summed E-state index contributed by atoms with van der Waals surface area (Å²) in [6.07, 6.45) is 4.50. The summed E-state index contributed by atoms with van der Waals surface area (Å²) in [7, 11) is 0. The predicted octanol–water partition coefficient (Wildman–Crippen LogP) is 4.98. The van der Waals surface area contributed by atoms with Crippen LogP contribution >= 0.6 is 11.6 Å². The van der Waals surface area contributed by atoms with Crippen LogP contribution in [0.3, 0.4) is 0 Å². The number of hydrogen-bond acceptors (Lipinski definition) is 4. The van der Waals surface area contributed by atoms with Crippen LogP contribution in [0.5, 0.6) is 5.75 Å². The minimum atomic E-state index is 0.367. The first-order valence-electron chi connectivity index (χ1n) is 8.65.